The van der Waals surface area contributed by atoms with Gasteiger partial charge in [0.05, 0.1) is 16.6 Å². The lowest BCUT2D eigenvalue weighted by Gasteiger charge is -2.10. The molecule has 4 aromatic rings. The number of aromatic nitrogens is 2. The highest BCUT2D eigenvalue weighted by atomic mass is 79.9. The van der Waals surface area contributed by atoms with E-state index in [0.29, 0.717) is 23.0 Å². The normalized spacial score (nSPS) is 10.9. The first-order chi connectivity index (χ1) is 14.4. The molecule has 0 aliphatic rings. The Kier molecular flexibility index (Phi) is 5.61. The largest absolute Gasteiger partial charge is 0.348 e. The molecule has 0 saturated carbocycles. The molecule has 0 bridgehead atoms. The van der Waals surface area contributed by atoms with Gasteiger partial charge in [0.1, 0.15) is 5.82 Å². The monoisotopic (exact) mass is 483 g/mol. The van der Waals surface area contributed by atoms with Crippen molar-refractivity contribution in [3.63, 3.8) is 0 Å². The second-order valence-electron chi connectivity index (χ2n) is 6.60. The van der Waals surface area contributed by atoms with Gasteiger partial charge in [-0.05, 0) is 60.2 Å². The molecular formula is C22H15BrFN3O2S. The molecule has 2 N–H and O–H groups in total. The number of benzene rings is 3. The van der Waals surface area contributed by atoms with Gasteiger partial charge in [0.2, 0.25) is 0 Å². The van der Waals surface area contributed by atoms with Crippen molar-refractivity contribution in [3.8, 4) is 5.69 Å². The lowest BCUT2D eigenvalue weighted by Crippen LogP contribution is -2.24. The molecular weight excluding hydrogens is 469 g/mol. The maximum atomic E-state index is 14.2. The number of fused-ring (bicyclic) bond motifs is 1. The lowest BCUT2D eigenvalue weighted by molar-refractivity contribution is 0.0951. The molecule has 4 rings (SSSR count). The molecule has 0 aliphatic heterocycles. The Morgan fingerprint density at radius 3 is 2.67 bits per heavy atom. The van der Waals surface area contributed by atoms with E-state index >= 15 is 0 Å². The Labute approximate surface area is 184 Å². The molecule has 0 fully saturated rings. The fourth-order valence-electron chi connectivity index (χ4n) is 3.14. The molecule has 30 heavy (non-hydrogen) atoms. The number of aromatic amines is 1. The number of rotatable bonds is 4. The third kappa shape index (κ3) is 3.96. The maximum Gasteiger partial charge on any atom is 0.266 e. The van der Waals surface area contributed by atoms with Gasteiger partial charge in [-0.2, -0.15) is 0 Å². The summed E-state index contributed by atoms with van der Waals surface area (Å²) in [5.41, 5.74) is 1.35. The zero-order valence-corrected chi connectivity index (χ0v) is 17.9. The molecule has 3 aromatic carbocycles. The van der Waals surface area contributed by atoms with Gasteiger partial charge >= 0.3 is 0 Å². The number of nitrogens with one attached hydrogen (secondary N) is 2. The Morgan fingerprint density at radius 1 is 1.10 bits per heavy atom. The van der Waals surface area contributed by atoms with Crippen molar-refractivity contribution < 1.29 is 9.18 Å². The van der Waals surface area contributed by atoms with Crippen LogP contribution in [0.4, 0.5) is 4.39 Å². The summed E-state index contributed by atoms with van der Waals surface area (Å²) in [5, 5.41) is 3.15. The van der Waals surface area contributed by atoms with Crippen LogP contribution >= 0.6 is 28.1 Å². The summed E-state index contributed by atoms with van der Waals surface area (Å²) in [7, 11) is 0. The van der Waals surface area contributed by atoms with E-state index in [2.05, 4.69) is 26.2 Å². The summed E-state index contributed by atoms with van der Waals surface area (Å²) in [6.45, 7) is 0.362. The van der Waals surface area contributed by atoms with Gasteiger partial charge in [0, 0.05) is 16.6 Å². The molecule has 1 aromatic heterocycles. The minimum absolute atomic E-state index is 0.0456. The van der Waals surface area contributed by atoms with Crippen LogP contribution in [0.15, 0.2) is 76.0 Å². The zero-order valence-electron chi connectivity index (χ0n) is 15.5. The third-order valence-corrected chi connectivity index (χ3v) is 5.37. The van der Waals surface area contributed by atoms with Crippen molar-refractivity contribution in [1.29, 1.82) is 0 Å². The van der Waals surface area contributed by atoms with E-state index in [1.54, 1.807) is 18.2 Å². The number of H-pyrrole nitrogens is 1. The fraction of sp³-hybridized carbons (Fsp3) is 0.0455. The Hall–Kier alpha value is -3.10. The highest BCUT2D eigenvalue weighted by Gasteiger charge is 2.13. The molecule has 0 spiro atoms. The smallest absolute Gasteiger partial charge is 0.266 e. The summed E-state index contributed by atoms with van der Waals surface area (Å²) in [6, 6.07) is 18.2. The van der Waals surface area contributed by atoms with E-state index in [4.69, 9.17) is 12.2 Å². The molecule has 0 unspecified atom stereocenters. The minimum Gasteiger partial charge on any atom is -0.348 e. The first-order valence-electron chi connectivity index (χ1n) is 9.01. The number of amides is 1. The van der Waals surface area contributed by atoms with Crippen LogP contribution in [-0.4, -0.2) is 15.5 Å². The van der Waals surface area contributed by atoms with Gasteiger partial charge in [0.25, 0.3) is 11.5 Å². The first kappa shape index (κ1) is 20.2. The van der Waals surface area contributed by atoms with Gasteiger partial charge in [-0.15, -0.1) is 0 Å². The van der Waals surface area contributed by atoms with Crippen LogP contribution in [0.2, 0.25) is 0 Å². The van der Waals surface area contributed by atoms with E-state index in [0.717, 1.165) is 14.6 Å². The van der Waals surface area contributed by atoms with Crippen LogP contribution in [0.25, 0.3) is 16.6 Å². The fourth-order valence-corrected chi connectivity index (χ4v) is 3.88. The molecule has 0 saturated heterocycles. The first-order valence-corrected chi connectivity index (χ1v) is 10.2. The molecule has 0 aliphatic carbocycles. The molecule has 0 atom stereocenters. The average Bonchev–Trinajstić information content (AvgIpc) is 2.73. The quantitative estimate of drug-likeness (QED) is 0.406. The summed E-state index contributed by atoms with van der Waals surface area (Å²) in [5.74, 6) is -0.837. The zero-order chi connectivity index (χ0) is 21.3. The Balaban J connectivity index is 1.67. The molecule has 1 heterocycles. The number of hydrogen-bond donors (Lipinski definition) is 2. The van der Waals surface area contributed by atoms with E-state index in [-0.39, 0.29) is 16.4 Å². The van der Waals surface area contributed by atoms with Crippen molar-refractivity contribution in [3.05, 3.63) is 103 Å². The number of nitrogens with zero attached hydrogens (tertiary/aromatic N) is 1. The highest BCUT2D eigenvalue weighted by molar-refractivity contribution is 9.10. The van der Waals surface area contributed by atoms with Crippen molar-refractivity contribution in [2.45, 2.75) is 6.54 Å². The SMILES string of the molecule is O=C(NCc1cccc(Br)c1)c1ccc2c(=O)n(-c3ccccc3F)c(=S)[nH]c2c1. The molecule has 1 amide bonds. The van der Waals surface area contributed by atoms with E-state index in [1.807, 2.05) is 24.3 Å². The third-order valence-electron chi connectivity index (χ3n) is 4.60. The van der Waals surface area contributed by atoms with Gasteiger partial charge < -0.3 is 10.3 Å². The highest BCUT2D eigenvalue weighted by Crippen LogP contribution is 2.16. The summed E-state index contributed by atoms with van der Waals surface area (Å²) >= 11 is 8.68. The number of carbonyl (C=O) groups excluding carboxylic acids is 1. The van der Waals surface area contributed by atoms with Crippen molar-refractivity contribution in [2.24, 2.45) is 0 Å². The van der Waals surface area contributed by atoms with Gasteiger partial charge in [-0.1, -0.05) is 40.2 Å². The van der Waals surface area contributed by atoms with Gasteiger partial charge in [0.15, 0.2) is 4.77 Å². The summed E-state index contributed by atoms with van der Waals surface area (Å²) in [4.78, 5) is 28.4. The van der Waals surface area contributed by atoms with Crippen molar-refractivity contribution in [1.82, 2.24) is 14.9 Å². The van der Waals surface area contributed by atoms with Crippen LogP contribution in [0.5, 0.6) is 0 Å². The number of halogens is 2. The molecule has 150 valence electrons. The lowest BCUT2D eigenvalue weighted by atomic mass is 10.1. The predicted molar refractivity (Wildman–Crippen MR) is 120 cm³/mol. The van der Waals surface area contributed by atoms with Crippen LogP contribution in [0.3, 0.4) is 0 Å². The van der Waals surface area contributed by atoms with Crippen molar-refractivity contribution >= 4 is 45.0 Å². The standard InChI is InChI=1S/C22H15BrFN3O2S/c23-15-5-3-4-13(10-15)12-25-20(28)14-8-9-16-18(11-14)26-22(30)27(21(16)29)19-7-2-1-6-17(19)24/h1-11H,12H2,(H,25,28)(H,26,30). The van der Waals surface area contributed by atoms with E-state index < -0.39 is 11.4 Å². The van der Waals surface area contributed by atoms with Crippen molar-refractivity contribution in [2.75, 3.05) is 0 Å². The molecule has 8 heteroatoms. The van der Waals surface area contributed by atoms with Crippen LogP contribution in [0.1, 0.15) is 15.9 Å². The number of hydrogen-bond acceptors (Lipinski definition) is 3. The predicted octanol–water partition coefficient (Wildman–Crippen LogP) is 4.88. The molecule has 0 radical (unpaired) electrons. The van der Waals surface area contributed by atoms with Gasteiger partial charge in [-0.3, -0.25) is 9.59 Å². The Morgan fingerprint density at radius 2 is 1.90 bits per heavy atom. The van der Waals surface area contributed by atoms with Gasteiger partial charge in [-0.25, -0.2) is 8.96 Å². The van der Waals surface area contributed by atoms with Crippen LogP contribution in [0, 0.1) is 10.6 Å². The minimum atomic E-state index is -0.554. The van der Waals surface area contributed by atoms with E-state index in [1.165, 1.54) is 24.3 Å². The van der Waals surface area contributed by atoms with Crippen LogP contribution < -0.4 is 10.9 Å². The average molecular weight is 484 g/mol. The van der Waals surface area contributed by atoms with Crippen LogP contribution in [-0.2, 0) is 6.54 Å². The van der Waals surface area contributed by atoms with E-state index in [9.17, 15) is 14.0 Å². The second kappa shape index (κ2) is 8.33. The maximum absolute atomic E-state index is 14.2. The number of carbonyl (C=O) groups is 1. The molecule has 5 nitrogen and oxygen atoms in total. The number of para-hydroxylation sites is 1. The summed E-state index contributed by atoms with van der Waals surface area (Å²) in [6.07, 6.45) is 0. The Bertz CT molecular complexity index is 1400. The summed E-state index contributed by atoms with van der Waals surface area (Å²) < 4.78 is 16.3. The second-order valence-corrected chi connectivity index (χ2v) is 7.90. The topological polar surface area (TPSA) is 66.9 Å².